The predicted octanol–water partition coefficient (Wildman–Crippen LogP) is 2.75. The first-order valence-corrected chi connectivity index (χ1v) is 7.44. The Morgan fingerprint density at radius 1 is 1.05 bits per heavy atom. The molecule has 0 spiro atoms. The van der Waals surface area contributed by atoms with E-state index in [9.17, 15) is 0 Å². The Hall–Kier alpha value is -1.59. The normalized spacial score (nSPS) is 12.1. The molecule has 1 heterocycles. The van der Waals surface area contributed by atoms with Gasteiger partial charge in [-0.15, -0.1) is 0 Å². The lowest BCUT2D eigenvalue weighted by atomic mass is 10.1. The van der Waals surface area contributed by atoms with Crippen molar-refractivity contribution >= 4 is 17.8 Å². The summed E-state index contributed by atoms with van der Waals surface area (Å²) in [5.41, 5.74) is 0. The number of hydrogen-bond acceptors (Lipinski definition) is 6. The molecular weight excluding hydrogens is 252 g/mol. The minimum Gasteiger partial charge on any atom is -0.357 e. The van der Waals surface area contributed by atoms with Crippen molar-refractivity contribution in [3.8, 4) is 0 Å². The molecule has 20 heavy (non-hydrogen) atoms. The number of aromatic nitrogens is 3. The molecular formula is C14H28N6. The molecule has 1 atom stereocenters. The molecule has 2 N–H and O–H groups in total. The van der Waals surface area contributed by atoms with Crippen molar-refractivity contribution in [3.05, 3.63) is 0 Å². The third-order valence-corrected chi connectivity index (χ3v) is 3.11. The monoisotopic (exact) mass is 280 g/mol. The van der Waals surface area contributed by atoms with Crippen molar-refractivity contribution in [2.45, 2.75) is 52.0 Å². The van der Waals surface area contributed by atoms with E-state index in [0.29, 0.717) is 23.9 Å². The maximum atomic E-state index is 4.42. The van der Waals surface area contributed by atoms with Gasteiger partial charge in [-0.2, -0.15) is 15.0 Å². The summed E-state index contributed by atoms with van der Waals surface area (Å²) in [5.74, 6) is 1.88. The van der Waals surface area contributed by atoms with E-state index in [1.807, 2.05) is 26.0 Å². The van der Waals surface area contributed by atoms with Crippen LogP contribution in [0.2, 0.25) is 0 Å². The molecule has 0 saturated carbocycles. The summed E-state index contributed by atoms with van der Waals surface area (Å²) >= 11 is 0. The van der Waals surface area contributed by atoms with E-state index < -0.39 is 0 Å². The summed E-state index contributed by atoms with van der Waals surface area (Å²) in [7, 11) is 5.66. The zero-order valence-electron chi connectivity index (χ0n) is 13.4. The van der Waals surface area contributed by atoms with Crippen LogP contribution >= 0.6 is 0 Å². The third-order valence-electron chi connectivity index (χ3n) is 3.11. The quantitative estimate of drug-likeness (QED) is 0.678. The number of rotatable bonds is 9. The molecule has 0 aliphatic heterocycles. The third kappa shape index (κ3) is 5.59. The molecule has 1 aromatic rings. The van der Waals surface area contributed by atoms with Crippen molar-refractivity contribution in [2.24, 2.45) is 0 Å². The van der Waals surface area contributed by atoms with Crippen LogP contribution in [0.15, 0.2) is 0 Å². The molecule has 0 radical (unpaired) electrons. The average molecular weight is 280 g/mol. The minimum absolute atomic E-state index is 0.369. The van der Waals surface area contributed by atoms with Crippen molar-refractivity contribution in [3.63, 3.8) is 0 Å². The Labute approximate surface area is 122 Å². The zero-order chi connectivity index (χ0) is 15.0. The summed E-state index contributed by atoms with van der Waals surface area (Å²) in [4.78, 5) is 14.9. The molecule has 0 amide bonds. The van der Waals surface area contributed by atoms with Crippen molar-refractivity contribution in [1.29, 1.82) is 0 Å². The zero-order valence-corrected chi connectivity index (χ0v) is 13.4. The summed E-state index contributed by atoms with van der Waals surface area (Å²) < 4.78 is 0. The maximum Gasteiger partial charge on any atom is 0.231 e. The predicted molar refractivity (Wildman–Crippen MR) is 85.5 cm³/mol. The van der Waals surface area contributed by atoms with E-state index in [0.717, 1.165) is 6.42 Å². The van der Waals surface area contributed by atoms with E-state index in [-0.39, 0.29) is 0 Å². The first kappa shape index (κ1) is 16.5. The second-order valence-corrected chi connectivity index (χ2v) is 5.32. The topological polar surface area (TPSA) is 66.0 Å². The SMILES string of the molecule is CCCCCCC(C)Nc1nc(NC)nc(N(C)C)n1. The lowest BCUT2D eigenvalue weighted by Gasteiger charge is -2.16. The lowest BCUT2D eigenvalue weighted by molar-refractivity contribution is 0.591. The second kappa shape index (κ2) is 8.55. The van der Waals surface area contributed by atoms with Gasteiger partial charge in [-0.05, 0) is 13.3 Å². The van der Waals surface area contributed by atoms with Crippen molar-refractivity contribution in [1.82, 2.24) is 15.0 Å². The van der Waals surface area contributed by atoms with Gasteiger partial charge in [0.15, 0.2) is 0 Å². The van der Waals surface area contributed by atoms with Crippen molar-refractivity contribution < 1.29 is 0 Å². The standard InChI is InChI=1S/C14H28N6/c1-6-7-8-9-10-11(2)16-13-17-12(15-3)18-14(19-13)20(4)5/h11H,6-10H2,1-5H3,(H2,15,16,17,18,19). The minimum atomic E-state index is 0.369. The molecule has 0 saturated heterocycles. The van der Waals surface area contributed by atoms with Gasteiger partial charge in [0.1, 0.15) is 0 Å². The van der Waals surface area contributed by atoms with Crippen LogP contribution in [0.3, 0.4) is 0 Å². The fourth-order valence-corrected chi connectivity index (χ4v) is 1.91. The number of hydrogen-bond donors (Lipinski definition) is 2. The Balaban J connectivity index is 2.59. The molecule has 114 valence electrons. The van der Waals surface area contributed by atoms with Gasteiger partial charge in [-0.25, -0.2) is 0 Å². The molecule has 1 unspecified atom stereocenters. The molecule has 0 aliphatic carbocycles. The van der Waals surface area contributed by atoms with Gasteiger partial charge in [0.2, 0.25) is 17.8 Å². The van der Waals surface area contributed by atoms with Crippen LogP contribution in [0.1, 0.15) is 46.0 Å². The molecule has 0 bridgehead atoms. The Morgan fingerprint density at radius 2 is 1.75 bits per heavy atom. The molecule has 1 rings (SSSR count). The van der Waals surface area contributed by atoms with Crippen LogP contribution in [-0.2, 0) is 0 Å². The van der Waals surface area contributed by atoms with Gasteiger partial charge in [-0.1, -0.05) is 32.6 Å². The number of nitrogens with one attached hydrogen (secondary N) is 2. The largest absolute Gasteiger partial charge is 0.357 e. The Kier molecular flexibility index (Phi) is 7.04. The fourth-order valence-electron chi connectivity index (χ4n) is 1.91. The van der Waals surface area contributed by atoms with Gasteiger partial charge in [-0.3, -0.25) is 0 Å². The first-order chi connectivity index (χ1) is 9.56. The van der Waals surface area contributed by atoms with Crippen molar-refractivity contribution in [2.75, 3.05) is 36.7 Å². The first-order valence-electron chi connectivity index (χ1n) is 7.44. The molecule has 6 heteroatoms. The summed E-state index contributed by atoms with van der Waals surface area (Å²) in [6, 6.07) is 0.369. The van der Waals surface area contributed by atoms with Crippen LogP contribution in [-0.4, -0.2) is 42.1 Å². The van der Waals surface area contributed by atoms with Gasteiger partial charge in [0.25, 0.3) is 0 Å². The molecule has 0 aliphatic rings. The highest BCUT2D eigenvalue weighted by molar-refractivity contribution is 5.42. The van der Waals surface area contributed by atoms with Gasteiger partial charge >= 0.3 is 0 Å². The van der Waals surface area contributed by atoms with Gasteiger partial charge in [0.05, 0.1) is 0 Å². The summed E-state index contributed by atoms with van der Waals surface area (Å²) in [5, 5.41) is 6.33. The fraction of sp³-hybridized carbons (Fsp3) is 0.786. The van der Waals surface area contributed by atoms with Crippen LogP contribution in [0.25, 0.3) is 0 Å². The second-order valence-electron chi connectivity index (χ2n) is 5.32. The van der Waals surface area contributed by atoms with E-state index in [1.165, 1.54) is 25.7 Å². The van der Waals surface area contributed by atoms with E-state index in [2.05, 4.69) is 39.4 Å². The van der Waals surface area contributed by atoms with Gasteiger partial charge < -0.3 is 15.5 Å². The number of unbranched alkanes of at least 4 members (excludes halogenated alkanes) is 3. The highest BCUT2D eigenvalue weighted by Crippen LogP contribution is 2.13. The highest BCUT2D eigenvalue weighted by Gasteiger charge is 2.09. The van der Waals surface area contributed by atoms with Crippen LogP contribution in [0.5, 0.6) is 0 Å². The summed E-state index contributed by atoms with van der Waals surface area (Å²) in [6.45, 7) is 4.40. The average Bonchev–Trinajstić information content (AvgIpc) is 2.43. The highest BCUT2D eigenvalue weighted by atomic mass is 15.3. The Morgan fingerprint density at radius 3 is 2.35 bits per heavy atom. The van der Waals surface area contributed by atoms with Crippen LogP contribution in [0, 0.1) is 0 Å². The maximum absolute atomic E-state index is 4.42. The molecule has 6 nitrogen and oxygen atoms in total. The Bertz CT molecular complexity index is 393. The number of anilines is 3. The van der Waals surface area contributed by atoms with E-state index >= 15 is 0 Å². The smallest absolute Gasteiger partial charge is 0.231 e. The number of nitrogens with zero attached hydrogens (tertiary/aromatic N) is 4. The van der Waals surface area contributed by atoms with Crippen LogP contribution in [0.4, 0.5) is 17.8 Å². The summed E-state index contributed by atoms with van der Waals surface area (Å²) in [6.07, 6.45) is 6.26. The van der Waals surface area contributed by atoms with E-state index in [4.69, 9.17) is 0 Å². The van der Waals surface area contributed by atoms with Crippen LogP contribution < -0.4 is 15.5 Å². The molecule has 0 fully saturated rings. The molecule has 1 aromatic heterocycles. The van der Waals surface area contributed by atoms with E-state index in [1.54, 1.807) is 0 Å². The van der Waals surface area contributed by atoms with Gasteiger partial charge in [0, 0.05) is 27.2 Å². The molecule has 0 aromatic carbocycles. The lowest BCUT2D eigenvalue weighted by Crippen LogP contribution is -2.20.